The van der Waals surface area contributed by atoms with E-state index in [0.717, 1.165) is 16.7 Å². The highest BCUT2D eigenvalue weighted by atomic mass is 32.2. The van der Waals surface area contributed by atoms with Crippen molar-refractivity contribution in [1.82, 2.24) is 19.7 Å². The van der Waals surface area contributed by atoms with Gasteiger partial charge in [-0.05, 0) is 37.8 Å². The van der Waals surface area contributed by atoms with Crippen LogP contribution >= 0.6 is 11.8 Å². The number of oxazole rings is 1. The van der Waals surface area contributed by atoms with E-state index in [0.29, 0.717) is 34.0 Å². The van der Waals surface area contributed by atoms with Gasteiger partial charge in [-0.1, -0.05) is 54.2 Å². The lowest BCUT2D eigenvalue weighted by Crippen LogP contribution is -2.29. The van der Waals surface area contributed by atoms with Gasteiger partial charge >= 0.3 is 5.97 Å². The van der Waals surface area contributed by atoms with Gasteiger partial charge < -0.3 is 14.5 Å². The molecule has 2 aromatic carbocycles. The molecule has 8 nitrogen and oxygen atoms in total. The number of thioether (sulfide) groups is 1. The molecule has 0 bridgehead atoms. The average Bonchev–Trinajstić information content (AvgIpc) is 3.51. The summed E-state index contributed by atoms with van der Waals surface area (Å²) >= 11 is 1.44. The number of anilines is 1. The molecule has 1 atom stereocenters. The van der Waals surface area contributed by atoms with Crippen LogP contribution in [-0.4, -0.2) is 38.6 Å². The third-order valence-corrected chi connectivity index (χ3v) is 6.09. The van der Waals surface area contributed by atoms with Crippen molar-refractivity contribution in [2.75, 3.05) is 18.2 Å². The highest BCUT2D eigenvalue weighted by molar-refractivity contribution is 7.98. The van der Waals surface area contributed by atoms with Crippen LogP contribution in [0, 0.1) is 0 Å². The number of aromatic nitrogens is 4. The number of carbonyl (C=O) groups excluding carboxylic acids is 1. The van der Waals surface area contributed by atoms with E-state index >= 15 is 0 Å². The summed E-state index contributed by atoms with van der Waals surface area (Å²) in [7, 11) is 0. The summed E-state index contributed by atoms with van der Waals surface area (Å²) in [5, 5.41) is 8.41. The van der Waals surface area contributed by atoms with Gasteiger partial charge in [-0.3, -0.25) is 0 Å². The van der Waals surface area contributed by atoms with Gasteiger partial charge in [-0.15, -0.1) is 5.10 Å². The Morgan fingerprint density at radius 1 is 1.15 bits per heavy atom. The SMILES string of the molecule is CCOC(=O)C1=C(C)Nc2nc(SC)nn2C1c1ccc(-c2ncc(-c3ccccc3)o2)cc1. The van der Waals surface area contributed by atoms with Crippen LogP contribution in [0.2, 0.25) is 0 Å². The molecule has 34 heavy (non-hydrogen) atoms. The first-order chi connectivity index (χ1) is 16.6. The topological polar surface area (TPSA) is 95.1 Å². The Balaban J connectivity index is 1.51. The van der Waals surface area contributed by atoms with Gasteiger partial charge in [0.05, 0.1) is 18.4 Å². The number of carbonyl (C=O) groups is 1. The number of esters is 1. The monoisotopic (exact) mass is 473 g/mol. The minimum absolute atomic E-state index is 0.287. The fourth-order valence-electron chi connectivity index (χ4n) is 3.95. The second kappa shape index (κ2) is 9.18. The number of ether oxygens (including phenoxy) is 1. The van der Waals surface area contributed by atoms with Crippen molar-refractivity contribution >= 4 is 23.7 Å². The first-order valence-corrected chi connectivity index (χ1v) is 12.1. The fraction of sp³-hybridized carbons (Fsp3) is 0.200. The third kappa shape index (κ3) is 3.99. The maximum atomic E-state index is 12.9. The lowest BCUT2D eigenvalue weighted by Gasteiger charge is -2.28. The molecule has 1 unspecified atom stereocenters. The van der Waals surface area contributed by atoms with Crippen LogP contribution in [0.1, 0.15) is 25.5 Å². The average molecular weight is 474 g/mol. The van der Waals surface area contributed by atoms with E-state index in [2.05, 4.69) is 20.4 Å². The molecule has 9 heteroatoms. The summed E-state index contributed by atoms with van der Waals surface area (Å²) in [6.45, 7) is 3.93. The summed E-state index contributed by atoms with van der Waals surface area (Å²) < 4.78 is 13.1. The van der Waals surface area contributed by atoms with Gasteiger partial charge in [-0.2, -0.15) is 4.98 Å². The summed E-state index contributed by atoms with van der Waals surface area (Å²) in [4.78, 5) is 21.9. The summed E-state index contributed by atoms with van der Waals surface area (Å²) in [5.41, 5.74) is 3.88. The van der Waals surface area contributed by atoms with E-state index in [1.807, 2.05) is 67.8 Å². The quantitative estimate of drug-likeness (QED) is 0.303. The third-order valence-electron chi connectivity index (χ3n) is 5.55. The summed E-state index contributed by atoms with van der Waals surface area (Å²) in [6, 6.07) is 17.1. The smallest absolute Gasteiger partial charge is 0.338 e. The van der Waals surface area contributed by atoms with Crippen molar-refractivity contribution in [2.24, 2.45) is 0 Å². The standard InChI is InChI=1S/C25H23N5O3S/c1-4-32-23(31)20-15(2)27-24-28-25(34-3)29-30(24)21(20)17-10-12-18(13-11-17)22-26-14-19(33-22)16-8-6-5-7-9-16/h5-14,21H,4H2,1-3H3,(H,27,28,29). The predicted octanol–water partition coefficient (Wildman–Crippen LogP) is 5.17. The Bertz CT molecular complexity index is 1360. The van der Waals surface area contributed by atoms with Gasteiger partial charge in [0.15, 0.2) is 5.76 Å². The zero-order valence-corrected chi connectivity index (χ0v) is 19.8. The molecule has 3 heterocycles. The minimum atomic E-state index is -0.470. The van der Waals surface area contributed by atoms with Crippen LogP contribution in [0.5, 0.6) is 0 Å². The van der Waals surface area contributed by atoms with Crippen LogP contribution in [0.15, 0.2) is 81.6 Å². The van der Waals surface area contributed by atoms with E-state index in [-0.39, 0.29) is 12.6 Å². The molecule has 1 aliphatic rings. The molecule has 0 saturated carbocycles. The number of benzene rings is 2. The summed E-state index contributed by atoms with van der Waals surface area (Å²) in [6.07, 6.45) is 3.64. The molecule has 0 fully saturated rings. The molecule has 172 valence electrons. The molecule has 0 saturated heterocycles. The molecule has 0 amide bonds. The number of allylic oxidation sites excluding steroid dienone is 1. The zero-order valence-electron chi connectivity index (χ0n) is 19.0. The maximum Gasteiger partial charge on any atom is 0.338 e. The molecular formula is C25H23N5O3S. The molecule has 1 aliphatic heterocycles. The van der Waals surface area contributed by atoms with Crippen molar-refractivity contribution < 1.29 is 13.9 Å². The van der Waals surface area contributed by atoms with Crippen LogP contribution in [0.3, 0.4) is 0 Å². The van der Waals surface area contributed by atoms with Crippen LogP contribution in [-0.2, 0) is 9.53 Å². The molecule has 4 aromatic rings. The van der Waals surface area contributed by atoms with Gasteiger partial charge in [0.1, 0.15) is 6.04 Å². The second-order valence-corrected chi connectivity index (χ2v) is 8.44. The van der Waals surface area contributed by atoms with Crippen molar-refractivity contribution in [2.45, 2.75) is 25.0 Å². The second-order valence-electron chi connectivity index (χ2n) is 7.67. The predicted molar refractivity (Wildman–Crippen MR) is 130 cm³/mol. The number of nitrogens with one attached hydrogen (secondary N) is 1. The first kappa shape index (κ1) is 22.0. The highest BCUT2D eigenvalue weighted by Crippen LogP contribution is 2.37. The molecule has 5 rings (SSSR count). The number of rotatable bonds is 6. The Labute approximate surface area is 201 Å². The number of hydrogen-bond donors (Lipinski definition) is 1. The molecule has 2 aromatic heterocycles. The van der Waals surface area contributed by atoms with Gasteiger partial charge in [0.25, 0.3) is 0 Å². The Hall–Kier alpha value is -3.85. The van der Waals surface area contributed by atoms with Gasteiger partial charge in [0, 0.05) is 16.8 Å². The fourth-order valence-corrected chi connectivity index (χ4v) is 4.30. The number of hydrogen-bond acceptors (Lipinski definition) is 8. The Kier molecular flexibility index (Phi) is 5.93. The lowest BCUT2D eigenvalue weighted by molar-refractivity contribution is -0.139. The van der Waals surface area contributed by atoms with Crippen molar-refractivity contribution in [1.29, 1.82) is 0 Å². The molecular weight excluding hydrogens is 450 g/mol. The van der Waals surface area contributed by atoms with Crippen LogP contribution in [0.25, 0.3) is 22.8 Å². The van der Waals surface area contributed by atoms with Gasteiger partial charge in [-0.25, -0.2) is 14.5 Å². The number of nitrogens with zero attached hydrogens (tertiary/aromatic N) is 4. The zero-order chi connectivity index (χ0) is 23.7. The normalized spacial score (nSPS) is 15.1. The lowest BCUT2D eigenvalue weighted by atomic mass is 9.95. The molecule has 0 aliphatic carbocycles. The van der Waals surface area contributed by atoms with E-state index in [1.54, 1.807) is 17.8 Å². The van der Waals surface area contributed by atoms with Crippen LogP contribution in [0.4, 0.5) is 5.95 Å². The minimum Gasteiger partial charge on any atom is -0.463 e. The Morgan fingerprint density at radius 3 is 2.62 bits per heavy atom. The van der Waals surface area contributed by atoms with Crippen molar-refractivity contribution in [3.05, 3.63) is 77.6 Å². The maximum absolute atomic E-state index is 12.9. The van der Waals surface area contributed by atoms with Crippen LogP contribution < -0.4 is 5.32 Å². The summed E-state index contributed by atoms with van der Waals surface area (Å²) in [5.74, 6) is 1.44. The molecule has 1 N–H and O–H groups in total. The molecule has 0 spiro atoms. The van der Waals surface area contributed by atoms with E-state index in [4.69, 9.17) is 9.15 Å². The van der Waals surface area contributed by atoms with Crippen molar-refractivity contribution in [3.8, 4) is 22.8 Å². The van der Waals surface area contributed by atoms with Crippen molar-refractivity contribution in [3.63, 3.8) is 0 Å². The number of fused-ring (bicyclic) bond motifs is 1. The van der Waals surface area contributed by atoms with E-state index in [9.17, 15) is 4.79 Å². The van der Waals surface area contributed by atoms with E-state index < -0.39 is 6.04 Å². The van der Waals surface area contributed by atoms with E-state index in [1.165, 1.54) is 11.8 Å². The first-order valence-electron chi connectivity index (χ1n) is 10.9. The van der Waals surface area contributed by atoms with Gasteiger partial charge in [0.2, 0.25) is 17.0 Å². The Morgan fingerprint density at radius 2 is 1.91 bits per heavy atom. The molecule has 0 radical (unpaired) electrons. The largest absolute Gasteiger partial charge is 0.463 e. The highest BCUT2D eigenvalue weighted by Gasteiger charge is 2.35.